The summed E-state index contributed by atoms with van der Waals surface area (Å²) in [5, 5.41) is 3.53. The normalized spacial score (nSPS) is 12.8. The number of hydrogen-bond acceptors (Lipinski definition) is 3. The summed E-state index contributed by atoms with van der Waals surface area (Å²) in [5.74, 6) is 0. The Labute approximate surface area is 127 Å². The van der Waals surface area contributed by atoms with E-state index in [2.05, 4.69) is 55.3 Å². The molecule has 114 valence electrons. The monoisotopic (exact) mass is 287 g/mol. The standard InChI is InChI=1S/C17H25N3O/c1-14(2)21-12-4-9-19-15(3)16-5-7-17(8-6-16)20-11-10-18-13-20/h5-8,10-11,13-15,19H,4,9,12H2,1-3H3. The Bertz CT molecular complexity index is 505. The topological polar surface area (TPSA) is 39.1 Å². The highest BCUT2D eigenvalue weighted by Crippen LogP contribution is 2.15. The molecule has 0 spiro atoms. The quantitative estimate of drug-likeness (QED) is 0.757. The molecule has 0 bridgehead atoms. The molecule has 0 aliphatic rings. The van der Waals surface area contributed by atoms with Crippen LogP contribution in [0.4, 0.5) is 0 Å². The third-order valence-electron chi connectivity index (χ3n) is 3.42. The summed E-state index contributed by atoms with van der Waals surface area (Å²) < 4.78 is 7.54. The summed E-state index contributed by atoms with van der Waals surface area (Å²) in [4.78, 5) is 4.07. The molecular weight excluding hydrogens is 262 g/mol. The predicted octanol–water partition coefficient (Wildman–Crippen LogP) is 3.34. The van der Waals surface area contributed by atoms with Gasteiger partial charge in [-0.3, -0.25) is 0 Å². The van der Waals surface area contributed by atoms with Gasteiger partial charge in [-0.15, -0.1) is 0 Å². The highest BCUT2D eigenvalue weighted by molar-refractivity contribution is 5.35. The van der Waals surface area contributed by atoms with Crippen LogP contribution < -0.4 is 5.32 Å². The van der Waals surface area contributed by atoms with Crippen molar-refractivity contribution in [3.63, 3.8) is 0 Å². The third kappa shape index (κ3) is 4.99. The molecule has 21 heavy (non-hydrogen) atoms. The van der Waals surface area contributed by atoms with Crippen LogP contribution in [-0.2, 0) is 4.74 Å². The molecule has 2 rings (SSSR count). The van der Waals surface area contributed by atoms with Crippen LogP contribution in [0.1, 0.15) is 38.8 Å². The van der Waals surface area contributed by atoms with E-state index in [1.807, 2.05) is 17.1 Å². The van der Waals surface area contributed by atoms with Crippen LogP contribution in [0.15, 0.2) is 43.0 Å². The van der Waals surface area contributed by atoms with Gasteiger partial charge in [-0.2, -0.15) is 0 Å². The number of hydrogen-bond donors (Lipinski definition) is 1. The van der Waals surface area contributed by atoms with Crippen molar-refractivity contribution >= 4 is 0 Å². The van der Waals surface area contributed by atoms with Gasteiger partial charge in [0.05, 0.1) is 12.4 Å². The molecule has 1 aromatic heterocycles. The van der Waals surface area contributed by atoms with E-state index < -0.39 is 0 Å². The van der Waals surface area contributed by atoms with E-state index in [1.165, 1.54) is 5.56 Å². The molecule has 4 nitrogen and oxygen atoms in total. The second-order valence-corrected chi connectivity index (χ2v) is 5.51. The number of rotatable bonds is 8. The molecule has 0 amide bonds. The van der Waals surface area contributed by atoms with Gasteiger partial charge in [0.15, 0.2) is 0 Å². The lowest BCUT2D eigenvalue weighted by atomic mass is 10.1. The largest absolute Gasteiger partial charge is 0.379 e. The Morgan fingerprint density at radius 1 is 1.19 bits per heavy atom. The Morgan fingerprint density at radius 2 is 1.95 bits per heavy atom. The fourth-order valence-corrected chi connectivity index (χ4v) is 2.17. The van der Waals surface area contributed by atoms with Crippen LogP contribution in [0.25, 0.3) is 5.69 Å². The van der Waals surface area contributed by atoms with Gasteiger partial charge in [-0.25, -0.2) is 4.98 Å². The molecule has 1 aromatic carbocycles. The van der Waals surface area contributed by atoms with Crippen LogP contribution in [0.3, 0.4) is 0 Å². The van der Waals surface area contributed by atoms with Crippen molar-refractivity contribution < 1.29 is 4.74 Å². The minimum Gasteiger partial charge on any atom is -0.379 e. The third-order valence-corrected chi connectivity index (χ3v) is 3.42. The first-order valence-electron chi connectivity index (χ1n) is 7.60. The van der Waals surface area contributed by atoms with Crippen molar-refractivity contribution in [1.82, 2.24) is 14.9 Å². The van der Waals surface area contributed by atoms with E-state index in [-0.39, 0.29) is 0 Å². The Balaban J connectivity index is 1.79. The van der Waals surface area contributed by atoms with Gasteiger partial charge in [0.2, 0.25) is 0 Å². The molecule has 0 saturated heterocycles. The lowest BCUT2D eigenvalue weighted by Crippen LogP contribution is -2.21. The zero-order valence-corrected chi connectivity index (χ0v) is 13.1. The van der Waals surface area contributed by atoms with E-state index in [9.17, 15) is 0 Å². The van der Waals surface area contributed by atoms with Gasteiger partial charge in [-0.05, 0) is 51.4 Å². The highest BCUT2D eigenvalue weighted by Gasteiger charge is 2.05. The maximum absolute atomic E-state index is 5.54. The molecular formula is C17H25N3O. The average Bonchev–Trinajstić information content (AvgIpc) is 3.01. The van der Waals surface area contributed by atoms with E-state index in [4.69, 9.17) is 4.74 Å². The maximum Gasteiger partial charge on any atom is 0.0991 e. The van der Waals surface area contributed by atoms with Gasteiger partial charge < -0.3 is 14.6 Å². The first-order valence-corrected chi connectivity index (χ1v) is 7.60. The van der Waals surface area contributed by atoms with Crippen LogP contribution in [-0.4, -0.2) is 28.8 Å². The number of benzene rings is 1. The molecule has 2 aromatic rings. The van der Waals surface area contributed by atoms with Crippen molar-refractivity contribution in [2.45, 2.75) is 39.3 Å². The Kier molecular flexibility index (Phi) is 5.96. The number of aromatic nitrogens is 2. The van der Waals surface area contributed by atoms with Crippen molar-refractivity contribution in [1.29, 1.82) is 0 Å². The molecule has 1 heterocycles. The molecule has 1 atom stereocenters. The highest BCUT2D eigenvalue weighted by atomic mass is 16.5. The molecule has 0 fully saturated rings. The first kappa shape index (κ1) is 15.7. The zero-order chi connectivity index (χ0) is 15.1. The summed E-state index contributed by atoms with van der Waals surface area (Å²) in [6.07, 6.45) is 6.90. The van der Waals surface area contributed by atoms with Gasteiger partial charge in [0.25, 0.3) is 0 Å². The Morgan fingerprint density at radius 3 is 2.57 bits per heavy atom. The van der Waals surface area contributed by atoms with E-state index in [0.717, 1.165) is 25.3 Å². The van der Waals surface area contributed by atoms with Gasteiger partial charge in [0.1, 0.15) is 0 Å². The fourth-order valence-electron chi connectivity index (χ4n) is 2.17. The molecule has 0 saturated carbocycles. The fraction of sp³-hybridized carbons (Fsp3) is 0.471. The number of ether oxygens (including phenoxy) is 1. The lowest BCUT2D eigenvalue weighted by molar-refractivity contribution is 0.0768. The SMILES string of the molecule is CC(C)OCCCNC(C)c1ccc(-n2ccnc2)cc1. The minimum atomic E-state index is 0.318. The van der Waals surface area contributed by atoms with E-state index in [1.54, 1.807) is 6.20 Å². The summed E-state index contributed by atoms with van der Waals surface area (Å²) >= 11 is 0. The molecule has 0 aliphatic carbocycles. The van der Waals surface area contributed by atoms with Gasteiger partial charge >= 0.3 is 0 Å². The lowest BCUT2D eigenvalue weighted by Gasteiger charge is -2.15. The number of nitrogens with zero attached hydrogens (tertiary/aromatic N) is 2. The minimum absolute atomic E-state index is 0.318. The summed E-state index contributed by atoms with van der Waals surface area (Å²) in [5.41, 5.74) is 2.43. The van der Waals surface area contributed by atoms with Crippen LogP contribution in [0.5, 0.6) is 0 Å². The summed E-state index contributed by atoms with van der Waals surface area (Å²) in [6.45, 7) is 8.11. The average molecular weight is 287 g/mol. The second-order valence-electron chi connectivity index (χ2n) is 5.51. The van der Waals surface area contributed by atoms with Crippen molar-refractivity contribution in [3.05, 3.63) is 48.5 Å². The Hall–Kier alpha value is -1.65. The predicted molar refractivity (Wildman–Crippen MR) is 85.7 cm³/mol. The molecule has 4 heteroatoms. The molecule has 0 aliphatic heterocycles. The van der Waals surface area contributed by atoms with Crippen LogP contribution >= 0.6 is 0 Å². The van der Waals surface area contributed by atoms with Crippen LogP contribution in [0, 0.1) is 0 Å². The molecule has 0 radical (unpaired) electrons. The van der Waals surface area contributed by atoms with Crippen molar-refractivity contribution in [2.24, 2.45) is 0 Å². The van der Waals surface area contributed by atoms with E-state index >= 15 is 0 Å². The second kappa shape index (κ2) is 7.96. The van der Waals surface area contributed by atoms with Crippen LogP contribution in [0.2, 0.25) is 0 Å². The summed E-state index contributed by atoms with van der Waals surface area (Å²) in [6, 6.07) is 8.92. The number of nitrogens with one attached hydrogen (secondary N) is 1. The molecule has 1 N–H and O–H groups in total. The summed E-state index contributed by atoms with van der Waals surface area (Å²) in [7, 11) is 0. The van der Waals surface area contributed by atoms with Gasteiger partial charge in [-0.1, -0.05) is 12.1 Å². The maximum atomic E-state index is 5.54. The van der Waals surface area contributed by atoms with Crippen molar-refractivity contribution in [2.75, 3.05) is 13.2 Å². The van der Waals surface area contributed by atoms with Gasteiger partial charge in [0, 0.05) is 30.7 Å². The molecule has 1 unspecified atom stereocenters. The first-order chi connectivity index (χ1) is 10.2. The zero-order valence-electron chi connectivity index (χ0n) is 13.1. The number of imidazole rings is 1. The van der Waals surface area contributed by atoms with E-state index in [0.29, 0.717) is 12.1 Å². The van der Waals surface area contributed by atoms with Crippen molar-refractivity contribution in [3.8, 4) is 5.69 Å². The smallest absolute Gasteiger partial charge is 0.0991 e.